The number of benzene rings is 3. The molecule has 0 saturated carbocycles. The van der Waals surface area contributed by atoms with Gasteiger partial charge in [0.05, 0.1) is 10.9 Å². The molecule has 0 aliphatic rings. The molecular weight excluding hydrogens is 608 g/mol. The van der Waals surface area contributed by atoms with Crippen LogP contribution in [0.3, 0.4) is 0 Å². The predicted octanol–water partition coefficient (Wildman–Crippen LogP) is 6.69. The molecule has 0 saturated heterocycles. The fourth-order valence-corrected chi connectivity index (χ4v) is 6.31. The number of ether oxygens (including phenoxy) is 4. The first-order valence-electron chi connectivity index (χ1n) is 15.0. The molecule has 0 bridgehead atoms. The van der Waals surface area contributed by atoms with E-state index in [1.807, 2.05) is 104 Å². The van der Waals surface area contributed by atoms with Crippen molar-refractivity contribution in [2.45, 2.75) is 93.3 Å². The second-order valence-corrected chi connectivity index (χ2v) is 15.1. The van der Waals surface area contributed by atoms with E-state index in [1.165, 1.54) is 0 Å². The molecule has 0 heterocycles. The van der Waals surface area contributed by atoms with Gasteiger partial charge in [0.25, 0.3) is 0 Å². The molecule has 0 unspecified atom stereocenters. The van der Waals surface area contributed by atoms with Gasteiger partial charge in [-0.15, -0.1) is 0 Å². The lowest BCUT2D eigenvalue weighted by molar-refractivity contribution is -0.345. The lowest BCUT2D eigenvalue weighted by Gasteiger charge is -2.23. The van der Waals surface area contributed by atoms with Crippen LogP contribution in [-0.2, 0) is 50.9 Å². The van der Waals surface area contributed by atoms with Crippen LogP contribution in [0.2, 0.25) is 0 Å². The van der Waals surface area contributed by atoms with E-state index in [4.69, 9.17) is 28.7 Å². The van der Waals surface area contributed by atoms with E-state index < -0.39 is 39.6 Å². The Kier molecular flexibility index (Phi) is 12.8. The van der Waals surface area contributed by atoms with Gasteiger partial charge < -0.3 is 23.7 Å². The van der Waals surface area contributed by atoms with E-state index in [-0.39, 0.29) is 19.8 Å². The van der Waals surface area contributed by atoms with Crippen LogP contribution >= 0.6 is 0 Å². The number of carbonyl (C=O) groups is 3. The second kappa shape index (κ2) is 16.1. The molecule has 3 aromatic rings. The second-order valence-electron chi connectivity index (χ2n) is 13.1. The number of hydrogen-bond donors (Lipinski definition) is 0. The highest BCUT2D eigenvalue weighted by molar-refractivity contribution is 7.97. The largest absolute Gasteiger partial charge is 0.482 e. The summed E-state index contributed by atoms with van der Waals surface area (Å²) < 4.78 is 22.0. The van der Waals surface area contributed by atoms with Gasteiger partial charge in [-0.2, -0.15) is 0 Å². The molecule has 3 rings (SSSR count). The zero-order valence-corrected chi connectivity index (χ0v) is 28.7. The Morgan fingerprint density at radius 3 is 1.39 bits per heavy atom. The predicted molar refractivity (Wildman–Crippen MR) is 175 cm³/mol. The number of carbonyl (C=O) groups excluding carboxylic acids is 3. The van der Waals surface area contributed by atoms with Crippen molar-refractivity contribution in [1.82, 2.24) is 0 Å². The van der Waals surface area contributed by atoms with Crippen molar-refractivity contribution in [3.8, 4) is 11.5 Å². The fourth-order valence-electron chi connectivity index (χ4n) is 4.26. The van der Waals surface area contributed by atoms with Crippen LogP contribution in [0.25, 0.3) is 0 Å². The molecule has 3 aromatic carbocycles. The normalized spacial score (nSPS) is 12.0. The van der Waals surface area contributed by atoms with Crippen molar-refractivity contribution in [2.24, 2.45) is 0 Å². The van der Waals surface area contributed by atoms with E-state index in [0.29, 0.717) is 24.2 Å². The molecule has 0 aliphatic heterocycles. The molecule has 0 atom stereocenters. The minimum atomic E-state index is -0.628. The number of esters is 2. The van der Waals surface area contributed by atoms with Gasteiger partial charge in [0.2, 0.25) is 0 Å². The average Bonchev–Trinajstić information content (AvgIpc) is 2.95. The third-order valence-corrected chi connectivity index (χ3v) is 8.11. The maximum atomic E-state index is 12.1. The van der Waals surface area contributed by atoms with Crippen molar-refractivity contribution in [3.05, 3.63) is 78.4 Å². The Labute approximate surface area is 274 Å². The molecule has 0 aromatic heterocycles. The van der Waals surface area contributed by atoms with Crippen LogP contribution in [0.1, 0.15) is 61.0 Å². The van der Waals surface area contributed by atoms with Gasteiger partial charge in [-0.3, -0.25) is 0 Å². The van der Waals surface area contributed by atoms with Crippen molar-refractivity contribution in [3.63, 3.8) is 0 Å². The summed E-state index contributed by atoms with van der Waals surface area (Å²) in [5.74, 6) is 0.236. The number of hydrogen-bond acceptors (Lipinski definition) is 9. The maximum absolute atomic E-state index is 12.1. The van der Waals surface area contributed by atoms with Gasteiger partial charge in [-0.1, -0.05) is 12.1 Å². The first-order chi connectivity index (χ1) is 21.5. The summed E-state index contributed by atoms with van der Waals surface area (Å²) in [7, 11) is -0.510. The van der Waals surface area contributed by atoms with Crippen molar-refractivity contribution >= 4 is 29.1 Å². The monoisotopic (exact) mass is 653 g/mol. The topological polar surface area (TPSA) is 107 Å². The Morgan fingerprint density at radius 1 is 0.630 bits per heavy atom. The molecule has 10 heteroatoms. The Balaban J connectivity index is 1.82. The molecule has 0 N–H and O–H groups in total. The zero-order valence-electron chi connectivity index (χ0n) is 27.9. The van der Waals surface area contributed by atoms with Crippen LogP contribution < -0.4 is 9.47 Å². The Morgan fingerprint density at radius 2 is 1.02 bits per heavy atom. The summed E-state index contributed by atoms with van der Waals surface area (Å²) >= 11 is 0. The van der Waals surface area contributed by atoms with E-state index in [0.717, 1.165) is 20.2 Å². The van der Waals surface area contributed by atoms with Crippen molar-refractivity contribution in [2.75, 3.05) is 19.8 Å². The maximum Gasteiger partial charge on any atom is 0.344 e. The zero-order chi connectivity index (χ0) is 34.0. The molecule has 0 fully saturated rings. The quantitative estimate of drug-likeness (QED) is 0.0443. The minimum Gasteiger partial charge on any atom is -0.482 e. The summed E-state index contributed by atoms with van der Waals surface area (Å²) in [6.45, 7) is 14.2. The van der Waals surface area contributed by atoms with Gasteiger partial charge >= 0.3 is 11.9 Å². The Bertz CT molecular complexity index is 1340. The summed E-state index contributed by atoms with van der Waals surface area (Å²) in [5.41, 5.74) is -0.755. The van der Waals surface area contributed by atoms with Crippen LogP contribution in [0.4, 0.5) is 0 Å². The minimum absolute atomic E-state index is 0.124. The average molecular weight is 654 g/mol. The van der Waals surface area contributed by atoms with E-state index in [2.05, 4.69) is 24.3 Å². The SMILES string of the molecule is CC(C)(C)OC(=O)COc1ccc([S+](c2ccc(CC(C)(C)OOCC=O)cc2)c2ccc(OCC(=O)OC(C)(C)C)cc2)cc1. The highest BCUT2D eigenvalue weighted by Gasteiger charge is 2.30. The lowest BCUT2D eigenvalue weighted by atomic mass is 9.99. The van der Waals surface area contributed by atoms with Crippen LogP contribution in [-0.4, -0.2) is 54.8 Å². The molecule has 46 heavy (non-hydrogen) atoms. The highest BCUT2D eigenvalue weighted by Crippen LogP contribution is 2.34. The molecular formula is C36H45O9S+. The molecule has 9 nitrogen and oxygen atoms in total. The fraction of sp³-hybridized carbons (Fsp3) is 0.417. The van der Waals surface area contributed by atoms with Crippen LogP contribution in [0.15, 0.2) is 87.5 Å². The van der Waals surface area contributed by atoms with Crippen LogP contribution in [0, 0.1) is 0 Å². The highest BCUT2D eigenvalue weighted by atomic mass is 32.2. The van der Waals surface area contributed by atoms with Gasteiger partial charge in [0, 0.05) is 6.42 Å². The van der Waals surface area contributed by atoms with Crippen molar-refractivity contribution < 1.29 is 43.1 Å². The van der Waals surface area contributed by atoms with Gasteiger partial charge in [-0.25, -0.2) is 19.4 Å². The smallest absolute Gasteiger partial charge is 0.344 e. The molecule has 0 radical (unpaired) electrons. The standard InChI is InChI=1S/C36H45O9S/c1-34(2,3)43-32(38)24-40-27-11-17-30(18-12-27)46(29-15-9-26(10-16-29)23-36(7,8)45-42-22-21-37)31-19-13-28(14-20-31)41-25-33(39)44-35(4,5)6/h9-21H,22-25H2,1-8H3/q+1. The third-order valence-electron chi connectivity index (χ3n) is 5.88. The molecule has 0 spiro atoms. The van der Waals surface area contributed by atoms with Gasteiger partial charge in [0.15, 0.2) is 27.9 Å². The first kappa shape index (κ1) is 36.6. The van der Waals surface area contributed by atoms with Crippen molar-refractivity contribution in [1.29, 1.82) is 0 Å². The third kappa shape index (κ3) is 12.9. The molecule has 248 valence electrons. The summed E-state index contributed by atoms with van der Waals surface area (Å²) in [6.07, 6.45) is 1.22. The summed E-state index contributed by atoms with van der Waals surface area (Å²) in [4.78, 5) is 48.4. The molecule has 0 aliphatic carbocycles. The first-order valence-corrected chi connectivity index (χ1v) is 16.2. The lowest BCUT2D eigenvalue weighted by Crippen LogP contribution is -2.28. The summed E-state index contributed by atoms with van der Waals surface area (Å²) in [6, 6.07) is 23.6. The number of aldehydes is 1. The van der Waals surface area contributed by atoms with Gasteiger partial charge in [-0.05, 0) is 122 Å². The van der Waals surface area contributed by atoms with E-state index in [1.54, 1.807) is 0 Å². The van der Waals surface area contributed by atoms with Crippen LogP contribution in [0.5, 0.6) is 11.5 Å². The van der Waals surface area contributed by atoms with E-state index in [9.17, 15) is 14.4 Å². The summed E-state index contributed by atoms with van der Waals surface area (Å²) in [5, 5.41) is 0. The molecule has 0 amide bonds. The van der Waals surface area contributed by atoms with Gasteiger partial charge in [0.1, 0.15) is 41.2 Å². The van der Waals surface area contributed by atoms with E-state index >= 15 is 0 Å². The number of rotatable bonds is 15. The Hall–Kier alpha value is -3.86.